The monoisotopic (exact) mass is 358 g/mol. The Balaban J connectivity index is 1.67. The zero-order chi connectivity index (χ0) is 18.9. The number of carbonyl (C=O) groups is 2. The average Bonchev–Trinajstić information content (AvgIpc) is 3.20. The van der Waals surface area contributed by atoms with E-state index in [-0.39, 0.29) is 11.9 Å². The highest BCUT2D eigenvalue weighted by Gasteiger charge is 2.37. The highest BCUT2D eigenvalue weighted by molar-refractivity contribution is 5.86. The van der Waals surface area contributed by atoms with Crippen LogP contribution in [0, 0.1) is 0 Å². The fourth-order valence-corrected chi connectivity index (χ4v) is 3.17. The molecule has 0 spiro atoms. The van der Waals surface area contributed by atoms with Gasteiger partial charge in [-0.05, 0) is 52.7 Å². The minimum absolute atomic E-state index is 0.179. The molecule has 0 radical (unpaired) electrons. The quantitative estimate of drug-likeness (QED) is 0.900. The molecule has 2 atom stereocenters. The molecule has 3 rings (SSSR count). The molecule has 1 aliphatic rings. The van der Waals surface area contributed by atoms with E-state index in [1.165, 1.54) is 4.90 Å². The van der Waals surface area contributed by atoms with Crippen LogP contribution in [0.4, 0.5) is 4.79 Å². The fourth-order valence-electron chi connectivity index (χ4n) is 3.17. The maximum Gasteiger partial charge on any atom is 0.410 e. The lowest BCUT2D eigenvalue weighted by Crippen LogP contribution is -2.48. The maximum atomic E-state index is 12.7. The molecule has 1 aromatic heterocycles. The number of ether oxygens (including phenoxy) is 1. The summed E-state index contributed by atoms with van der Waals surface area (Å²) >= 11 is 0. The number of carbonyl (C=O) groups excluding carboxylic acids is 2. The number of nitrogens with zero attached hydrogens (tertiary/aromatic N) is 1. The van der Waals surface area contributed by atoms with Crippen LogP contribution in [0.25, 0.3) is 11.0 Å². The van der Waals surface area contributed by atoms with Gasteiger partial charge in [-0.25, -0.2) is 4.79 Å². The number of hydrogen-bond donors (Lipinski definition) is 1. The van der Waals surface area contributed by atoms with Gasteiger partial charge >= 0.3 is 6.09 Å². The van der Waals surface area contributed by atoms with E-state index in [0.29, 0.717) is 18.7 Å². The van der Waals surface area contributed by atoms with Gasteiger partial charge in [-0.1, -0.05) is 18.2 Å². The minimum atomic E-state index is -0.581. The average molecular weight is 358 g/mol. The van der Waals surface area contributed by atoms with Gasteiger partial charge in [0.05, 0.1) is 6.04 Å². The number of likely N-dealkylation sites (tertiary alicyclic amines) is 1. The predicted molar refractivity (Wildman–Crippen MR) is 98.7 cm³/mol. The van der Waals surface area contributed by atoms with Crippen molar-refractivity contribution >= 4 is 23.0 Å². The van der Waals surface area contributed by atoms with Crippen molar-refractivity contribution in [2.75, 3.05) is 6.54 Å². The molecule has 6 nitrogen and oxygen atoms in total. The molecule has 0 bridgehead atoms. The van der Waals surface area contributed by atoms with E-state index >= 15 is 0 Å². The van der Waals surface area contributed by atoms with Crippen LogP contribution in [0.5, 0.6) is 0 Å². The van der Waals surface area contributed by atoms with Crippen molar-refractivity contribution in [1.29, 1.82) is 0 Å². The summed E-state index contributed by atoms with van der Waals surface area (Å²) in [5.41, 5.74) is 0.210. The Morgan fingerprint density at radius 3 is 2.73 bits per heavy atom. The molecule has 140 valence electrons. The van der Waals surface area contributed by atoms with Gasteiger partial charge in [-0.2, -0.15) is 0 Å². The molecule has 1 fully saturated rings. The molecule has 2 heterocycles. The maximum absolute atomic E-state index is 12.7. The van der Waals surface area contributed by atoms with Crippen LogP contribution in [-0.4, -0.2) is 35.1 Å². The van der Waals surface area contributed by atoms with Crippen molar-refractivity contribution in [3.8, 4) is 0 Å². The lowest BCUT2D eigenvalue weighted by Gasteiger charge is -2.28. The van der Waals surface area contributed by atoms with Gasteiger partial charge in [-0.15, -0.1) is 0 Å². The third kappa shape index (κ3) is 4.00. The Labute approximate surface area is 153 Å². The van der Waals surface area contributed by atoms with E-state index in [2.05, 4.69) is 5.32 Å². The van der Waals surface area contributed by atoms with Crippen molar-refractivity contribution in [3.05, 3.63) is 36.1 Å². The Morgan fingerprint density at radius 1 is 1.31 bits per heavy atom. The van der Waals surface area contributed by atoms with Crippen LogP contribution >= 0.6 is 0 Å². The topological polar surface area (TPSA) is 71.8 Å². The van der Waals surface area contributed by atoms with Crippen LogP contribution in [0.15, 0.2) is 34.7 Å². The Morgan fingerprint density at radius 2 is 2.04 bits per heavy atom. The highest BCUT2D eigenvalue weighted by Crippen LogP contribution is 2.25. The molecular formula is C20H26N2O4. The first kappa shape index (κ1) is 18.3. The van der Waals surface area contributed by atoms with E-state index in [9.17, 15) is 9.59 Å². The summed E-state index contributed by atoms with van der Waals surface area (Å²) in [4.78, 5) is 26.6. The molecule has 1 aliphatic heterocycles. The summed E-state index contributed by atoms with van der Waals surface area (Å²) in [5.74, 6) is 0.516. The molecule has 1 N–H and O–H groups in total. The second kappa shape index (κ2) is 7.02. The third-order valence-electron chi connectivity index (χ3n) is 4.41. The first-order valence-corrected chi connectivity index (χ1v) is 9.03. The van der Waals surface area contributed by atoms with E-state index in [1.54, 1.807) is 0 Å². The van der Waals surface area contributed by atoms with E-state index in [1.807, 2.05) is 58.0 Å². The number of benzene rings is 1. The van der Waals surface area contributed by atoms with Crippen LogP contribution in [0.1, 0.15) is 52.3 Å². The molecule has 0 aliphatic carbocycles. The van der Waals surface area contributed by atoms with Gasteiger partial charge in [0.25, 0.3) is 0 Å². The lowest BCUT2D eigenvalue weighted by molar-refractivity contribution is -0.126. The van der Waals surface area contributed by atoms with Gasteiger partial charge in [0.1, 0.15) is 23.0 Å². The number of hydrogen-bond acceptors (Lipinski definition) is 4. The van der Waals surface area contributed by atoms with E-state index < -0.39 is 17.7 Å². The van der Waals surface area contributed by atoms with Crippen LogP contribution in [-0.2, 0) is 9.53 Å². The first-order valence-electron chi connectivity index (χ1n) is 9.03. The van der Waals surface area contributed by atoms with Crippen molar-refractivity contribution in [2.45, 2.75) is 58.2 Å². The zero-order valence-electron chi connectivity index (χ0n) is 15.7. The van der Waals surface area contributed by atoms with Crippen LogP contribution in [0.3, 0.4) is 0 Å². The van der Waals surface area contributed by atoms with Crippen molar-refractivity contribution in [1.82, 2.24) is 10.2 Å². The second-order valence-electron chi connectivity index (χ2n) is 7.75. The summed E-state index contributed by atoms with van der Waals surface area (Å²) in [6.45, 7) is 7.87. The normalized spacial score (nSPS) is 18.8. The minimum Gasteiger partial charge on any atom is -0.459 e. The SMILES string of the molecule is C[C@H](NC(=O)[C@@H]1CCCN1C(=O)OC(C)(C)C)c1cc2ccccc2o1. The highest BCUT2D eigenvalue weighted by atomic mass is 16.6. The Bertz CT molecular complexity index is 772. The van der Waals surface area contributed by atoms with Crippen molar-refractivity contribution in [2.24, 2.45) is 0 Å². The number of para-hydroxylation sites is 1. The second-order valence-corrected chi connectivity index (χ2v) is 7.75. The van der Waals surface area contributed by atoms with Gasteiger partial charge in [0.15, 0.2) is 0 Å². The molecule has 2 amide bonds. The number of amides is 2. The lowest BCUT2D eigenvalue weighted by atomic mass is 10.1. The molecule has 0 unspecified atom stereocenters. The summed E-state index contributed by atoms with van der Waals surface area (Å²) in [6.07, 6.45) is 0.986. The summed E-state index contributed by atoms with van der Waals surface area (Å²) in [7, 11) is 0. The summed E-state index contributed by atoms with van der Waals surface area (Å²) < 4.78 is 11.2. The van der Waals surface area contributed by atoms with E-state index in [4.69, 9.17) is 9.15 Å². The number of fused-ring (bicyclic) bond motifs is 1. The number of nitrogens with one attached hydrogen (secondary N) is 1. The van der Waals surface area contributed by atoms with Crippen LogP contribution in [0.2, 0.25) is 0 Å². The summed E-state index contributed by atoms with van der Waals surface area (Å²) in [5, 5.41) is 3.96. The fraction of sp³-hybridized carbons (Fsp3) is 0.500. The van der Waals surface area contributed by atoms with Gasteiger partial charge in [0, 0.05) is 11.9 Å². The largest absolute Gasteiger partial charge is 0.459 e. The van der Waals surface area contributed by atoms with Crippen molar-refractivity contribution in [3.63, 3.8) is 0 Å². The number of furan rings is 1. The van der Waals surface area contributed by atoms with Gasteiger partial charge in [-0.3, -0.25) is 9.69 Å². The van der Waals surface area contributed by atoms with E-state index in [0.717, 1.165) is 17.4 Å². The summed E-state index contributed by atoms with van der Waals surface area (Å²) in [6, 6.07) is 8.87. The molecule has 26 heavy (non-hydrogen) atoms. The van der Waals surface area contributed by atoms with Crippen LogP contribution < -0.4 is 5.32 Å². The first-order chi connectivity index (χ1) is 12.2. The molecule has 1 saturated heterocycles. The molecule has 1 aromatic carbocycles. The van der Waals surface area contributed by atoms with Gasteiger partial charge in [0.2, 0.25) is 5.91 Å². The Kier molecular flexibility index (Phi) is 4.94. The Hall–Kier alpha value is -2.50. The third-order valence-corrected chi connectivity index (χ3v) is 4.41. The predicted octanol–water partition coefficient (Wildman–Crippen LogP) is 4.01. The standard InChI is InChI=1S/C20H26N2O4/c1-13(17-12-14-8-5-6-10-16(14)25-17)21-18(23)15-9-7-11-22(15)19(24)26-20(2,3)4/h5-6,8,10,12-13,15H,7,9,11H2,1-4H3,(H,21,23)/t13-,15-/m0/s1. The van der Waals surface area contributed by atoms with Crippen molar-refractivity contribution < 1.29 is 18.7 Å². The zero-order valence-corrected chi connectivity index (χ0v) is 15.7. The smallest absolute Gasteiger partial charge is 0.410 e. The molecular weight excluding hydrogens is 332 g/mol. The molecule has 6 heteroatoms. The molecule has 0 saturated carbocycles. The van der Waals surface area contributed by atoms with Gasteiger partial charge < -0.3 is 14.5 Å². The molecule has 2 aromatic rings. The number of rotatable bonds is 3.